The lowest BCUT2D eigenvalue weighted by Gasteiger charge is -2.40. The molecule has 1 saturated heterocycles. The molecule has 0 radical (unpaired) electrons. The molecule has 4 N–H and O–H groups in total. The van der Waals surface area contributed by atoms with Gasteiger partial charge in [0.15, 0.2) is 5.84 Å². The van der Waals surface area contributed by atoms with E-state index in [0.717, 1.165) is 13.1 Å². The molecule has 1 aliphatic rings. The smallest absolute Gasteiger partial charge is 0.223 e. The van der Waals surface area contributed by atoms with Gasteiger partial charge >= 0.3 is 0 Å². The lowest BCUT2D eigenvalue weighted by Crippen LogP contribution is -2.62. The van der Waals surface area contributed by atoms with Crippen molar-refractivity contribution in [3.8, 4) is 0 Å². The second-order valence-electron chi connectivity index (χ2n) is 4.87. The van der Waals surface area contributed by atoms with Gasteiger partial charge in [0.1, 0.15) is 5.54 Å². The Kier molecular flexibility index (Phi) is 6.04. The number of amides is 1. The number of nitrogens with zero attached hydrogens (tertiary/aromatic N) is 2. The van der Waals surface area contributed by atoms with E-state index in [0.29, 0.717) is 26.1 Å². The molecule has 7 heteroatoms. The normalized spacial score (nSPS) is 20.2. The molecule has 110 valence electrons. The van der Waals surface area contributed by atoms with Crippen molar-refractivity contribution < 1.29 is 14.7 Å². The fourth-order valence-electron chi connectivity index (χ4n) is 2.18. The fraction of sp³-hybridized carbons (Fsp3) is 0.833. The largest absolute Gasteiger partial charge is 0.409 e. The standard InChI is InChI=1S/C12H24N4O3/c1-3-19-9-4-10(17)14-12(11(13)15-18)5-7-16(2)8-6-12/h18H,3-9H2,1-2H3,(H2,13,15)(H,14,17). The SMILES string of the molecule is CCOCCC(=O)NC1(C(N)=NO)CCN(C)CC1. The molecule has 19 heavy (non-hydrogen) atoms. The molecule has 0 aromatic rings. The summed E-state index contributed by atoms with van der Waals surface area (Å²) in [7, 11) is 2.01. The van der Waals surface area contributed by atoms with Crippen LogP contribution >= 0.6 is 0 Å². The Hall–Kier alpha value is -1.34. The summed E-state index contributed by atoms with van der Waals surface area (Å²) in [6, 6.07) is 0. The molecule has 0 bridgehead atoms. The molecule has 0 unspecified atom stereocenters. The first-order valence-electron chi connectivity index (χ1n) is 6.59. The summed E-state index contributed by atoms with van der Waals surface area (Å²) in [5, 5.41) is 14.9. The van der Waals surface area contributed by atoms with Crippen molar-refractivity contribution >= 4 is 11.7 Å². The lowest BCUT2D eigenvalue weighted by atomic mass is 9.86. The first-order chi connectivity index (χ1) is 9.04. The highest BCUT2D eigenvalue weighted by Crippen LogP contribution is 2.22. The van der Waals surface area contributed by atoms with Gasteiger partial charge in [-0.1, -0.05) is 5.16 Å². The van der Waals surface area contributed by atoms with Gasteiger partial charge in [0, 0.05) is 26.1 Å². The zero-order chi connectivity index (χ0) is 14.3. The summed E-state index contributed by atoms with van der Waals surface area (Å²) < 4.78 is 5.15. The second-order valence-corrected chi connectivity index (χ2v) is 4.87. The molecular formula is C12H24N4O3. The Labute approximate surface area is 113 Å². The molecule has 0 aromatic heterocycles. The Bertz CT molecular complexity index is 325. The van der Waals surface area contributed by atoms with E-state index in [1.807, 2.05) is 14.0 Å². The Morgan fingerprint density at radius 2 is 2.16 bits per heavy atom. The van der Waals surface area contributed by atoms with Crippen LogP contribution in [0.1, 0.15) is 26.2 Å². The number of hydrogen-bond acceptors (Lipinski definition) is 5. The zero-order valence-corrected chi connectivity index (χ0v) is 11.7. The molecule has 0 aliphatic carbocycles. The average molecular weight is 272 g/mol. The maximum atomic E-state index is 11.9. The van der Waals surface area contributed by atoms with Gasteiger partial charge < -0.3 is 25.9 Å². The monoisotopic (exact) mass is 272 g/mol. The van der Waals surface area contributed by atoms with E-state index in [9.17, 15) is 4.79 Å². The molecule has 0 saturated carbocycles. The predicted molar refractivity (Wildman–Crippen MR) is 72.1 cm³/mol. The van der Waals surface area contributed by atoms with Crippen molar-refractivity contribution in [2.24, 2.45) is 10.9 Å². The van der Waals surface area contributed by atoms with Crippen LogP contribution in [0.3, 0.4) is 0 Å². The highest BCUT2D eigenvalue weighted by atomic mass is 16.5. The number of amidine groups is 1. The first kappa shape index (κ1) is 15.7. The Morgan fingerprint density at radius 3 is 2.68 bits per heavy atom. The molecule has 0 spiro atoms. The minimum atomic E-state index is -0.732. The average Bonchev–Trinajstić information content (AvgIpc) is 2.41. The lowest BCUT2D eigenvalue weighted by molar-refractivity contribution is -0.123. The van der Waals surface area contributed by atoms with Crippen molar-refractivity contribution in [2.75, 3.05) is 33.4 Å². The van der Waals surface area contributed by atoms with Crippen LogP contribution in [-0.2, 0) is 9.53 Å². The third kappa shape index (κ3) is 4.36. The van der Waals surface area contributed by atoms with Crippen molar-refractivity contribution in [2.45, 2.75) is 31.7 Å². The summed E-state index contributed by atoms with van der Waals surface area (Å²) in [5.41, 5.74) is 5.04. The number of ether oxygens (including phenoxy) is 1. The maximum Gasteiger partial charge on any atom is 0.223 e. The van der Waals surface area contributed by atoms with Gasteiger partial charge in [-0.05, 0) is 26.8 Å². The molecule has 1 heterocycles. The van der Waals surface area contributed by atoms with E-state index in [4.69, 9.17) is 15.7 Å². The van der Waals surface area contributed by atoms with E-state index in [2.05, 4.69) is 15.4 Å². The van der Waals surface area contributed by atoms with E-state index in [1.54, 1.807) is 0 Å². The van der Waals surface area contributed by atoms with Gasteiger partial charge in [-0.15, -0.1) is 0 Å². The van der Waals surface area contributed by atoms with Crippen LogP contribution < -0.4 is 11.1 Å². The molecule has 0 aromatic carbocycles. The molecule has 1 rings (SSSR count). The number of rotatable bonds is 6. The molecule has 7 nitrogen and oxygen atoms in total. The Balaban J connectivity index is 2.63. The fourth-order valence-corrected chi connectivity index (χ4v) is 2.18. The molecule has 1 aliphatic heterocycles. The van der Waals surface area contributed by atoms with Gasteiger partial charge in [0.05, 0.1) is 6.61 Å². The number of likely N-dealkylation sites (tertiary alicyclic amines) is 1. The van der Waals surface area contributed by atoms with Crippen molar-refractivity contribution in [3.05, 3.63) is 0 Å². The third-order valence-electron chi connectivity index (χ3n) is 3.49. The number of oxime groups is 1. The first-order valence-corrected chi connectivity index (χ1v) is 6.59. The van der Waals surface area contributed by atoms with Gasteiger partial charge in [-0.2, -0.15) is 0 Å². The molecule has 1 amide bonds. The highest BCUT2D eigenvalue weighted by molar-refractivity contribution is 5.94. The molecular weight excluding hydrogens is 248 g/mol. The number of carbonyl (C=O) groups excluding carboxylic acids is 1. The summed E-state index contributed by atoms with van der Waals surface area (Å²) in [6.45, 7) is 4.44. The number of nitrogens with two attached hydrogens (primary N) is 1. The van der Waals surface area contributed by atoms with Gasteiger partial charge in [0.25, 0.3) is 0 Å². The zero-order valence-electron chi connectivity index (χ0n) is 11.7. The van der Waals surface area contributed by atoms with Gasteiger partial charge in [-0.3, -0.25) is 4.79 Å². The molecule has 0 atom stereocenters. The minimum Gasteiger partial charge on any atom is -0.409 e. The third-order valence-corrected chi connectivity index (χ3v) is 3.49. The number of piperidine rings is 1. The van der Waals surface area contributed by atoms with E-state index >= 15 is 0 Å². The van der Waals surface area contributed by atoms with Crippen molar-refractivity contribution in [3.63, 3.8) is 0 Å². The summed E-state index contributed by atoms with van der Waals surface area (Å²) in [4.78, 5) is 14.0. The van der Waals surface area contributed by atoms with E-state index < -0.39 is 5.54 Å². The number of hydrogen-bond donors (Lipinski definition) is 3. The Morgan fingerprint density at radius 1 is 1.53 bits per heavy atom. The summed E-state index contributed by atoms with van der Waals surface area (Å²) in [6.07, 6.45) is 1.56. The molecule has 1 fully saturated rings. The van der Waals surface area contributed by atoms with Crippen LogP contribution in [0.5, 0.6) is 0 Å². The van der Waals surface area contributed by atoms with Crippen LogP contribution in [0, 0.1) is 0 Å². The topological polar surface area (TPSA) is 100 Å². The number of nitrogens with one attached hydrogen (secondary N) is 1. The summed E-state index contributed by atoms with van der Waals surface area (Å²) >= 11 is 0. The van der Waals surface area contributed by atoms with Gasteiger partial charge in [0.2, 0.25) is 5.91 Å². The van der Waals surface area contributed by atoms with Gasteiger partial charge in [-0.25, -0.2) is 0 Å². The predicted octanol–water partition coefficient (Wildman–Crippen LogP) is -0.260. The van der Waals surface area contributed by atoms with Crippen LogP contribution in [-0.4, -0.2) is 60.7 Å². The van der Waals surface area contributed by atoms with E-state index in [-0.39, 0.29) is 18.2 Å². The van der Waals surface area contributed by atoms with Crippen LogP contribution in [0.4, 0.5) is 0 Å². The van der Waals surface area contributed by atoms with Crippen LogP contribution in [0.2, 0.25) is 0 Å². The van der Waals surface area contributed by atoms with Crippen molar-refractivity contribution in [1.82, 2.24) is 10.2 Å². The summed E-state index contributed by atoms with van der Waals surface area (Å²) in [5.74, 6) is -0.0602. The van der Waals surface area contributed by atoms with E-state index in [1.165, 1.54) is 0 Å². The second kappa shape index (κ2) is 7.30. The maximum absolute atomic E-state index is 11.9. The minimum absolute atomic E-state index is 0.0744. The quantitative estimate of drug-likeness (QED) is 0.203. The van der Waals surface area contributed by atoms with Crippen LogP contribution in [0.25, 0.3) is 0 Å². The van der Waals surface area contributed by atoms with Crippen LogP contribution in [0.15, 0.2) is 5.16 Å². The van der Waals surface area contributed by atoms with Crippen molar-refractivity contribution in [1.29, 1.82) is 0 Å². The highest BCUT2D eigenvalue weighted by Gasteiger charge is 2.39. The number of carbonyl (C=O) groups is 1.